The molecule has 0 saturated carbocycles. The zero-order valence-electron chi connectivity index (χ0n) is 12.6. The molecule has 1 heterocycles. The summed E-state index contributed by atoms with van der Waals surface area (Å²) in [6, 6.07) is 4.19. The molecule has 0 aromatic heterocycles. The van der Waals surface area contributed by atoms with Crippen LogP contribution in [0.5, 0.6) is 0 Å². The third kappa shape index (κ3) is 3.73. The summed E-state index contributed by atoms with van der Waals surface area (Å²) in [5.74, 6) is -0.609. The highest BCUT2D eigenvalue weighted by Gasteiger charge is 2.35. The Morgan fingerprint density at radius 2 is 1.90 bits per heavy atom. The van der Waals surface area contributed by atoms with Gasteiger partial charge in [-0.25, -0.2) is 4.39 Å². The lowest BCUT2D eigenvalue weighted by atomic mass is 10.00. The third-order valence-corrected chi connectivity index (χ3v) is 4.32. The fourth-order valence-corrected chi connectivity index (χ4v) is 2.55. The van der Waals surface area contributed by atoms with E-state index in [1.807, 2.05) is 13.8 Å². The zero-order chi connectivity index (χ0) is 15.6. The number of carbonyl (C=O) groups is 1. The topological polar surface area (TPSA) is 35.6 Å². The summed E-state index contributed by atoms with van der Waals surface area (Å²) in [5.41, 5.74) is -0.115. The molecule has 21 heavy (non-hydrogen) atoms. The summed E-state index contributed by atoms with van der Waals surface area (Å²) in [6.07, 6.45) is 0. The van der Waals surface area contributed by atoms with E-state index in [9.17, 15) is 9.18 Å². The Balaban J connectivity index is 2.05. The number of amides is 1. The number of carbonyl (C=O) groups excluding carboxylic acids is 1. The summed E-state index contributed by atoms with van der Waals surface area (Å²) >= 11 is 5.73. The van der Waals surface area contributed by atoms with Gasteiger partial charge in [0.15, 0.2) is 0 Å². The van der Waals surface area contributed by atoms with Crippen molar-refractivity contribution in [2.45, 2.75) is 19.4 Å². The van der Waals surface area contributed by atoms with Crippen molar-refractivity contribution >= 4 is 23.2 Å². The molecule has 1 fully saturated rings. The van der Waals surface area contributed by atoms with Crippen LogP contribution in [0.4, 0.5) is 10.1 Å². The van der Waals surface area contributed by atoms with Crippen molar-refractivity contribution in [1.82, 2.24) is 9.80 Å². The molecule has 1 N–H and O–H groups in total. The Morgan fingerprint density at radius 1 is 1.29 bits per heavy atom. The van der Waals surface area contributed by atoms with Crippen LogP contribution in [0.2, 0.25) is 5.02 Å². The Morgan fingerprint density at radius 3 is 2.48 bits per heavy atom. The van der Waals surface area contributed by atoms with Gasteiger partial charge in [-0.05, 0) is 39.1 Å². The molecule has 4 nitrogen and oxygen atoms in total. The van der Waals surface area contributed by atoms with Crippen LogP contribution < -0.4 is 5.32 Å². The van der Waals surface area contributed by atoms with Gasteiger partial charge in [-0.3, -0.25) is 9.69 Å². The first-order valence-electron chi connectivity index (χ1n) is 7.01. The molecule has 1 aromatic carbocycles. The molecule has 0 aliphatic carbocycles. The average molecular weight is 314 g/mol. The van der Waals surface area contributed by atoms with Crippen LogP contribution in [0.3, 0.4) is 0 Å². The van der Waals surface area contributed by atoms with Crippen molar-refractivity contribution < 1.29 is 9.18 Å². The summed E-state index contributed by atoms with van der Waals surface area (Å²) in [6.45, 7) is 7.39. The van der Waals surface area contributed by atoms with E-state index in [0.29, 0.717) is 5.69 Å². The van der Waals surface area contributed by atoms with Crippen LogP contribution in [0.15, 0.2) is 18.2 Å². The van der Waals surface area contributed by atoms with Crippen molar-refractivity contribution in [3.63, 3.8) is 0 Å². The van der Waals surface area contributed by atoms with Crippen LogP contribution >= 0.6 is 11.6 Å². The van der Waals surface area contributed by atoms with Gasteiger partial charge in [-0.1, -0.05) is 11.6 Å². The summed E-state index contributed by atoms with van der Waals surface area (Å²) in [4.78, 5) is 16.9. The predicted octanol–water partition coefficient (Wildman–Crippen LogP) is 2.44. The average Bonchev–Trinajstić information content (AvgIpc) is 2.43. The number of nitrogens with zero attached hydrogens (tertiary/aromatic N) is 2. The van der Waals surface area contributed by atoms with Crippen molar-refractivity contribution in [3.8, 4) is 0 Å². The van der Waals surface area contributed by atoms with Crippen LogP contribution in [0.25, 0.3) is 0 Å². The van der Waals surface area contributed by atoms with Gasteiger partial charge >= 0.3 is 0 Å². The van der Waals surface area contributed by atoms with Crippen LogP contribution in [-0.4, -0.2) is 54.5 Å². The largest absolute Gasteiger partial charge is 0.324 e. The molecule has 1 saturated heterocycles. The van der Waals surface area contributed by atoms with Crippen molar-refractivity contribution in [1.29, 1.82) is 0 Å². The molecule has 2 rings (SSSR count). The van der Waals surface area contributed by atoms with Crippen molar-refractivity contribution in [2.24, 2.45) is 0 Å². The van der Waals surface area contributed by atoms with Gasteiger partial charge in [-0.15, -0.1) is 0 Å². The fraction of sp³-hybridized carbons (Fsp3) is 0.533. The summed E-state index contributed by atoms with van der Waals surface area (Å²) < 4.78 is 13.1. The number of likely N-dealkylation sites (N-methyl/N-ethyl adjacent to an activating group) is 1. The highest BCUT2D eigenvalue weighted by molar-refractivity contribution is 6.31. The lowest BCUT2D eigenvalue weighted by molar-refractivity contribution is -0.127. The number of halogens is 2. The zero-order valence-corrected chi connectivity index (χ0v) is 13.4. The number of nitrogens with one attached hydrogen (secondary N) is 1. The molecular weight excluding hydrogens is 293 g/mol. The number of anilines is 1. The number of piperazine rings is 1. The minimum absolute atomic E-state index is 0.00482. The van der Waals surface area contributed by atoms with Crippen molar-refractivity contribution in [2.75, 3.05) is 38.5 Å². The molecule has 6 heteroatoms. The minimum Gasteiger partial charge on any atom is -0.324 e. The maximum Gasteiger partial charge on any atom is 0.244 e. The third-order valence-electron chi connectivity index (χ3n) is 4.03. The monoisotopic (exact) mass is 313 g/mol. The first-order valence-corrected chi connectivity index (χ1v) is 7.38. The molecule has 1 aliphatic heterocycles. The van der Waals surface area contributed by atoms with Gasteiger partial charge in [0.1, 0.15) is 5.82 Å². The van der Waals surface area contributed by atoms with E-state index in [4.69, 9.17) is 11.6 Å². The van der Waals surface area contributed by atoms with Crippen molar-refractivity contribution in [3.05, 3.63) is 29.0 Å². The Hall–Kier alpha value is -1.17. The van der Waals surface area contributed by atoms with E-state index in [0.717, 1.165) is 26.2 Å². The van der Waals surface area contributed by atoms with Gasteiger partial charge in [-0.2, -0.15) is 0 Å². The van der Waals surface area contributed by atoms with E-state index >= 15 is 0 Å². The molecule has 0 spiro atoms. The van der Waals surface area contributed by atoms with Crippen LogP contribution in [-0.2, 0) is 4.79 Å². The molecule has 0 radical (unpaired) electrons. The highest BCUT2D eigenvalue weighted by atomic mass is 35.5. The fourth-order valence-electron chi connectivity index (χ4n) is 2.37. The molecular formula is C15H21ClFN3O. The van der Waals surface area contributed by atoms with E-state index in [2.05, 4.69) is 22.2 Å². The van der Waals surface area contributed by atoms with Gasteiger partial charge in [0.25, 0.3) is 0 Å². The summed E-state index contributed by atoms with van der Waals surface area (Å²) in [7, 11) is 2.07. The molecule has 0 bridgehead atoms. The van der Waals surface area contributed by atoms with Crippen LogP contribution in [0.1, 0.15) is 13.8 Å². The molecule has 1 aromatic rings. The normalized spacial score (nSPS) is 17.8. The van der Waals surface area contributed by atoms with E-state index in [1.54, 1.807) is 0 Å². The Bertz CT molecular complexity index is 528. The minimum atomic E-state index is -0.623. The van der Waals surface area contributed by atoms with Gasteiger partial charge in [0.2, 0.25) is 5.91 Å². The quantitative estimate of drug-likeness (QED) is 0.931. The number of benzene rings is 1. The van der Waals surface area contributed by atoms with Crippen LogP contribution in [0, 0.1) is 5.82 Å². The maximum absolute atomic E-state index is 13.1. The molecule has 0 unspecified atom stereocenters. The number of hydrogen-bond donors (Lipinski definition) is 1. The SMILES string of the molecule is CN1CCN(C(C)(C)C(=O)Nc2ccc(F)c(Cl)c2)CC1. The van der Waals surface area contributed by atoms with Gasteiger partial charge < -0.3 is 10.2 Å². The number of hydrogen-bond acceptors (Lipinski definition) is 3. The smallest absolute Gasteiger partial charge is 0.244 e. The summed E-state index contributed by atoms with van der Waals surface area (Å²) in [5, 5.41) is 2.82. The second-order valence-electron chi connectivity index (χ2n) is 5.93. The van der Waals surface area contributed by atoms with E-state index < -0.39 is 11.4 Å². The van der Waals surface area contributed by atoms with Gasteiger partial charge in [0.05, 0.1) is 10.6 Å². The van der Waals surface area contributed by atoms with Gasteiger partial charge in [0, 0.05) is 31.9 Å². The van der Waals surface area contributed by atoms with E-state index in [-0.39, 0.29) is 10.9 Å². The second-order valence-corrected chi connectivity index (χ2v) is 6.34. The molecule has 116 valence electrons. The molecule has 1 aliphatic rings. The Kier molecular flexibility index (Phi) is 4.86. The first-order chi connectivity index (χ1) is 9.80. The van der Waals surface area contributed by atoms with E-state index in [1.165, 1.54) is 18.2 Å². The standard InChI is InChI=1S/C15H21ClFN3O/c1-15(2,20-8-6-19(3)7-9-20)14(21)18-11-4-5-13(17)12(16)10-11/h4-5,10H,6-9H2,1-3H3,(H,18,21). The second kappa shape index (κ2) is 6.30. The number of rotatable bonds is 3. The lowest BCUT2D eigenvalue weighted by Gasteiger charge is -2.42. The molecule has 1 amide bonds. The maximum atomic E-state index is 13.1. The first kappa shape index (κ1) is 16.2. The predicted molar refractivity (Wildman–Crippen MR) is 83.2 cm³/mol. The Labute approximate surface area is 129 Å². The molecule has 0 atom stereocenters. The lowest BCUT2D eigenvalue weighted by Crippen LogP contribution is -2.58. The highest BCUT2D eigenvalue weighted by Crippen LogP contribution is 2.22.